The standard InChI is InChI=1S/C13H14N4O3/c18-13(19)9-5-10(7-14-6-9)20-8-12-16-15-11-3-1-2-4-17(11)12/h5-7H,1-4,8H2,(H,18,19). The number of aromatic nitrogens is 4. The van der Waals surface area contributed by atoms with E-state index in [9.17, 15) is 4.79 Å². The van der Waals surface area contributed by atoms with E-state index in [1.165, 1.54) is 18.5 Å². The third-order valence-electron chi connectivity index (χ3n) is 3.26. The van der Waals surface area contributed by atoms with E-state index in [0.717, 1.165) is 37.5 Å². The Labute approximate surface area is 115 Å². The van der Waals surface area contributed by atoms with Crippen molar-refractivity contribution in [3.8, 4) is 5.75 Å². The molecule has 3 rings (SSSR count). The quantitative estimate of drug-likeness (QED) is 0.903. The van der Waals surface area contributed by atoms with Crippen LogP contribution in [-0.2, 0) is 19.6 Å². The number of carboxylic acids is 1. The summed E-state index contributed by atoms with van der Waals surface area (Å²) in [4.78, 5) is 14.7. The van der Waals surface area contributed by atoms with E-state index in [1.807, 2.05) is 0 Å². The van der Waals surface area contributed by atoms with Gasteiger partial charge in [0.15, 0.2) is 5.82 Å². The highest BCUT2D eigenvalue weighted by molar-refractivity contribution is 5.87. The third-order valence-corrected chi connectivity index (χ3v) is 3.26. The van der Waals surface area contributed by atoms with Crippen LogP contribution in [0.15, 0.2) is 18.5 Å². The first-order chi connectivity index (χ1) is 9.74. The molecular formula is C13H14N4O3. The summed E-state index contributed by atoms with van der Waals surface area (Å²) in [5, 5.41) is 17.2. The first-order valence-corrected chi connectivity index (χ1v) is 6.46. The normalized spacial score (nSPS) is 13.8. The summed E-state index contributed by atoms with van der Waals surface area (Å²) in [6.07, 6.45) is 5.98. The van der Waals surface area contributed by atoms with Crippen molar-refractivity contribution in [1.29, 1.82) is 0 Å². The number of carboxylic acid groups (broad SMARTS) is 1. The van der Waals surface area contributed by atoms with Crippen LogP contribution < -0.4 is 4.74 Å². The molecule has 20 heavy (non-hydrogen) atoms. The number of aromatic carboxylic acids is 1. The van der Waals surface area contributed by atoms with Gasteiger partial charge >= 0.3 is 5.97 Å². The average Bonchev–Trinajstić information content (AvgIpc) is 2.89. The summed E-state index contributed by atoms with van der Waals surface area (Å²) in [5.41, 5.74) is 0.103. The first-order valence-electron chi connectivity index (χ1n) is 6.46. The van der Waals surface area contributed by atoms with Gasteiger partial charge in [0.2, 0.25) is 0 Å². The predicted octanol–water partition coefficient (Wildman–Crippen LogP) is 1.29. The predicted molar refractivity (Wildman–Crippen MR) is 68.5 cm³/mol. The van der Waals surface area contributed by atoms with E-state index in [2.05, 4.69) is 19.7 Å². The van der Waals surface area contributed by atoms with Crippen molar-refractivity contribution in [2.45, 2.75) is 32.4 Å². The first kappa shape index (κ1) is 12.6. The summed E-state index contributed by atoms with van der Waals surface area (Å²) in [6.45, 7) is 1.17. The zero-order valence-corrected chi connectivity index (χ0v) is 10.8. The minimum Gasteiger partial charge on any atom is -0.484 e. The topological polar surface area (TPSA) is 90.1 Å². The van der Waals surface area contributed by atoms with Crippen molar-refractivity contribution in [3.05, 3.63) is 35.7 Å². The maximum Gasteiger partial charge on any atom is 0.337 e. The maximum absolute atomic E-state index is 10.9. The highest BCUT2D eigenvalue weighted by Crippen LogP contribution is 2.17. The fraction of sp³-hybridized carbons (Fsp3) is 0.385. The van der Waals surface area contributed by atoms with Crippen LogP contribution in [0, 0.1) is 0 Å². The molecule has 0 atom stereocenters. The molecule has 0 bridgehead atoms. The lowest BCUT2D eigenvalue weighted by Gasteiger charge is -2.14. The molecule has 0 aliphatic carbocycles. The van der Waals surface area contributed by atoms with E-state index in [1.54, 1.807) is 0 Å². The Balaban J connectivity index is 1.72. The Bertz CT molecular complexity index is 638. The Kier molecular flexibility index (Phi) is 3.32. The van der Waals surface area contributed by atoms with Gasteiger partial charge in [0.05, 0.1) is 11.8 Å². The molecule has 0 radical (unpaired) electrons. The lowest BCUT2D eigenvalue weighted by molar-refractivity contribution is 0.0696. The van der Waals surface area contributed by atoms with Crippen molar-refractivity contribution in [2.24, 2.45) is 0 Å². The molecule has 0 spiro atoms. The number of aryl methyl sites for hydroxylation is 1. The zero-order chi connectivity index (χ0) is 13.9. The number of rotatable bonds is 4. The third kappa shape index (κ3) is 2.47. The number of hydrogen-bond acceptors (Lipinski definition) is 5. The SMILES string of the molecule is O=C(O)c1cncc(OCc2nnc3n2CCCC3)c1. The minimum absolute atomic E-state index is 0.103. The van der Waals surface area contributed by atoms with Crippen molar-refractivity contribution in [1.82, 2.24) is 19.7 Å². The van der Waals surface area contributed by atoms with Crippen LogP contribution in [0.5, 0.6) is 5.75 Å². The molecule has 0 saturated heterocycles. The molecule has 3 heterocycles. The van der Waals surface area contributed by atoms with E-state index in [0.29, 0.717) is 5.75 Å². The van der Waals surface area contributed by atoms with Crippen molar-refractivity contribution >= 4 is 5.97 Å². The lowest BCUT2D eigenvalue weighted by Crippen LogP contribution is -2.14. The molecule has 0 unspecified atom stereocenters. The molecule has 7 nitrogen and oxygen atoms in total. The fourth-order valence-electron chi connectivity index (χ4n) is 2.24. The van der Waals surface area contributed by atoms with Gasteiger partial charge in [0, 0.05) is 19.2 Å². The molecule has 1 aliphatic heterocycles. The largest absolute Gasteiger partial charge is 0.484 e. The highest BCUT2D eigenvalue weighted by Gasteiger charge is 2.16. The van der Waals surface area contributed by atoms with E-state index >= 15 is 0 Å². The molecule has 0 fully saturated rings. The van der Waals surface area contributed by atoms with Gasteiger partial charge in [-0.1, -0.05) is 0 Å². The van der Waals surface area contributed by atoms with Crippen LogP contribution in [0.25, 0.3) is 0 Å². The van der Waals surface area contributed by atoms with Crippen LogP contribution in [0.4, 0.5) is 0 Å². The molecule has 104 valence electrons. The van der Waals surface area contributed by atoms with E-state index in [4.69, 9.17) is 9.84 Å². The molecule has 7 heteroatoms. The summed E-state index contributed by atoms with van der Waals surface area (Å²) < 4.78 is 7.63. The number of nitrogens with zero attached hydrogens (tertiary/aromatic N) is 4. The van der Waals surface area contributed by atoms with Crippen LogP contribution in [0.1, 0.15) is 34.8 Å². The summed E-state index contributed by atoms with van der Waals surface area (Å²) in [5.74, 6) is 1.15. The Morgan fingerprint density at radius 2 is 2.25 bits per heavy atom. The van der Waals surface area contributed by atoms with Crippen molar-refractivity contribution in [2.75, 3.05) is 0 Å². The van der Waals surface area contributed by atoms with Gasteiger partial charge in [-0.2, -0.15) is 0 Å². The smallest absolute Gasteiger partial charge is 0.337 e. The maximum atomic E-state index is 10.9. The van der Waals surface area contributed by atoms with Gasteiger partial charge in [-0.25, -0.2) is 4.79 Å². The van der Waals surface area contributed by atoms with Gasteiger partial charge in [-0.15, -0.1) is 10.2 Å². The lowest BCUT2D eigenvalue weighted by atomic mass is 10.2. The summed E-state index contributed by atoms with van der Waals surface area (Å²) in [6, 6.07) is 1.45. The Morgan fingerprint density at radius 3 is 3.10 bits per heavy atom. The number of ether oxygens (including phenoxy) is 1. The fourth-order valence-corrected chi connectivity index (χ4v) is 2.24. The molecule has 2 aromatic rings. The zero-order valence-electron chi connectivity index (χ0n) is 10.8. The van der Waals surface area contributed by atoms with Gasteiger partial charge in [-0.3, -0.25) is 4.98 Å². The summed E-state index contributed by atoms with van der Waals surface area (Å²) >= 11 is 0. The van der Waals surface area contributed by atoms with Gasteiger partial charge < -0.3 is 14.4 Å². The number of fused-ring (bicyclic) bond motifs is 1. The van der Waals surface area contributed by atoms with Gasteiger partial charge in [0.1, 0.15) is 18.2 Å². The number of pyridine rings is 1. The molecule has 1 aliphatic rings. The molecule has 1 N–H and O–H groups in total. The van der Waals surface area contributed by atoms with E-state index in [-0.39, 0.29) is 12.2 Å². The molecule has 0 amide bonds. The van der Waals surface area contributed by atoms with Gasteiger partial charge in [0.25, 0.3) is 0 Å². The second kappa shape index (κ2) is 5.28. The molecular weight excluding hydrogens is 260 g/mol. The summed E-state index contributed by atoms with van der Waals surface area (Å²) in [7, 11) is 0. The highest BCUT2D eigenvalue weighted by atomic mass is 16.5. The number of carbonyl (C=O) groups is 1. The minimum atomic E-state index is -1.03. The molecule has 0 saturated carbocycles. The average molecular weight is 274 g/mol. The van der Waals surface area contributed by atoms with Crippen LogP contribution in [-0.4, -0.2) is 30.8 Å². The second-order valence-electron chi connectivity index (χ2n) is 4.64. The van der Waals surface area contributed by atoms with Crippen LogP contribution in [0.3, 0.4) is 0 Å². The number of hydrogen-bond donors (Lipinski definition) is 1. The van der Waals surface area contributed by atoms with Gasteiger partial charge in [-0.05, 0) is 18.9 Å². The molecule has 2 aromatic heterocycles. The Hall–Kier alpha value is -2.44. The molecule has 0 aromatic carbocycles. The van der Waals surface area contributed by atoms with Crippen LogP contribution >= 0.6 is 0 Å². The van der Waals surface area contributed by atoms with E-state index < -0.39 is 5.97 Å². The monoisotopic (exact) mass is 274 g/mol. The van der Waals surface area contributed by atoms with Crippen molar-refractivity contribution in [3.63, 3.8) is 0 Å². The van der Waals surface area contributed by atoms with Crippen molar-refractivity contribution < 1.29 is 14.6 Å². The van der Waals surface area contributed by atoms with Crippen LogP contribution in [0.2, 0.25) is 0 Å². The second-order valence-corrected chi connectivity index (χ2v) is 4.64. The Morgan fingerprint density at radius 1 is 1.35 bits per heavy atom.